The van der Waals surface area contributed by atoms with Gasteiger partial charge in [-0.25, -0.2) is 9.78 Å². The molecule has 0 amide bonds. The SMILES string of the molecule is O=C(O)c1cncc(N2CCC(CO)C2)n1. The van der Waals surface area contributed by atoms with Crippen LogP contribution in [0.1, 0.15) is 16.9 Å². The van der Waals surface area contributed by atoms with Crippen LogP contribution >= 0.6 is 0 Å². The number of carboxylic acids is 1. The number of anilines is 1. The topological polar surface area (TPSA) is 86.5 Å². The third-order valence-electron chi connectivity index (χ3n) is 2.71. The lowest BCUT2D eigenvalue weighted by molar-refractivity contribution is 0.0690. The van der Waals surface area contributed by atoms with Crippen LogP contribution in [0.4, 0.5) is 5.82 Å². The Kier molecular flexibility index (Phi) is 3.00. The third kappa shape index (κ3) is 2.11. The Balaban J connectivity index is 2.15. The van der Waals surface area contributed by atoms with E-state index in [-0.39, 0.29) is 18.2 Å². The van der Waals surface area contributed by atoms with Gasteiger partial charge in [-0.05, 0) is 6.42 Å². The normalized spacial score (nSPS) is 20.1. The lowest BCUT2D eigenvalue weighted by atomic mass is 10.1. The molecule has 0 aliphatic carbocycles. The number of nitrogens with zero attached hydrogens (tertiary/aromatic N) is 3. The number of aromatic carboxylic acids is 1. The summed E-state index contributed by atoms with van der Waals surface area (Å²) in [5.74, 6) is -0.265. The van der Waals surface area contributed by atoms with E-state index < -0.39 is 5.97 Å². The predicted molar refractivity (Wildman–Crippen MR) is 56.4 cm³/mol. The Morgan fingerprint density at radius 2 is 2.38 bits per heavy atom. The van der Waals surface area contributed by atoms with Crippen LogP contribution in [0, 0.1) is 5.92 Å². The average Bonchev–Trinajstić information content (AvgIpc) is 2.77. The first-order valence-electron chi connectivity index (χ1n) is 5.12. The van der Waals surface area contributed by atoms with Crippen molar-refractivity contribution in [2.24, 2.45) is 5.92 Å². The third-order valence-corrected chi connectivity index (χ3v) is 2.71. The second-order valence-electron chi connectivity index (χ2n) is 3.85. The molecule has 6 heteroatoms. The fourth-order valence-corrected chi connectivity index (χ4v) is 1.80. The van der Waals surface area contributed by atoms with Gasteiger partial charge >= 0.3 is 5.97 Å². The largest absolute Gasteiger partial charge is 0.476 e. The number of aliphatic hydroxyl groups excluding tert-OH is 1. The number of hydrogen-bond acceptors (Lipinski definition) is 5. The van der Waals surface area contributed by atoms with Crippen LogP contribution in [0.2, 0.25) is 0 Å². The number of hydrogen-bond donors (Lipinski definition) is 2. The molecule has 0 spiro atoms. The number of carboxylic acid groups (broad SMARTS) is 1. The second kappa shape index (κ2) is 4.44. The minimum absolute atomic E-state index is 0.0510. The summed E-state index contributed by atoms with van der Waals surface area (Å²) in [6, 6.07) is 0. The predicted octanol–water partition coefficient (Wildman–Crippen LogP) is -0.00660. The molecular formula is C10H13N3O3. The van der Waals surface area contributed by atoms with Gasteiger partial charge in [0.15, 0.2) is 5.69 Å². The lowest BCUT2D eigenvalue weighted by Gasteiger charge is -2.16. The van der Waals surface area contributed by atoms with Gasteiger partial charge < -0.3 is 15.1 Å². The summed E-state index contributed by atoms with van der Waals surface area (Å²) in [5.41, 5.74) is -0.0510. The van der Waals surface area contributed by atoms with Gasteiger partial charge in [-0.1, -0.05) is 0 Å². The number of aromatic nitrogens is 2. The molecule has 2 N–H and O–H groups in total. The molecule has 1 aromatic rings. The van der Waals surface area contributed by atoms with E-state index in [0.717, 1.165) is 13.0 Å². The molecule has 0 aromatic carbocycles. The second-order valence-corrected chi connectivity index (χ2v) is 3.85. The zero-order valence-corrected chi connectivity index (χ0v) is 8.70. The number of carbonyl (C=O) groups is 1. The Hall–Kier alpha value is -1.69. The summed E-state index contributed by atoms with van der Waals surface area (Å²) in [7, 11) is 0. The van der Waals surface area contributed by atoms with Gasteiger partial charge in [0, 0.05) is 25.6 Å². The zero-order chi connectivity index (χ0) is 11.5. The first kappa shape index (κ1) is 10.8. The summed E-state index contributed by atoms with van der Waals surface area (Å²) in [6.45, 7) is 1.64. The van der Waals surface area contributed by atoms with Gasteiger partial charge in [0.2, 0.25) is 0 Å². The molecule has 2 heterocycles. The molecule has 1 aliphatic heterocycles. The van der Waals surface area contributed by atoms with Crippen LogP contribution in [0.5, 0.6) is 0 Å². The van der Waals surface area contributed by atoms with Crippen molar-refractivity contribution in [2.45, 2.75) is 6.42 Å². The Bertz CT molecular complexity index is 397. The summed E-state index contributed by atoms with van der Waals surface area (Å²) < 4.78 is 0. The maximum absolute atomic E-state index is 10.7. The Morgan fingerprint density at radius 1 is 1.56 bits per heavy atom. The van der Waals surface area contributed by atoms with Gasteiger partial charge in [0.1, 0.15) is 5.82 Å². The highest BCUT2D eigenvalue weighted by molar-refractivity contribution is 5.85. The molecule has 6 nitrogen and oxygen atoms in total. The first-order chi connectivity index (χ1) is 7.70. The van der Waals surface area contributed by atoms with E-state index in [0.29, 0.717) is 12.4 Å². The molecule has 1 fully saturated rings. The molecule has 2 rings (SSSR count). The maximum Gasteiger partial charge on any atom is 0.356 e. The summed E-state index contributed by atoms with van der Waals surface area (Å²) in [5, 5.41) is 17.8. The van der Waals surface area contributed by atoms with E-state index in [1.54, 1.807) is 6.20 Å². The molecular weight excluding hydrogens is 210 g/mol. The molecule has 0 bridgehead atoms. The summed E-state index contributed by atoms with van der Waals surface area (Å²) in [4.78, 5) is 20.5. The molecule has 1 unspecified atom stereocenters. The van der Waals surface area contributed by atoms with Crippen LogP contribution in [0.25, 0.3) is 0 Å². The Labute approximate surface area is 92.6 Å². The first-order valence-corrected chi connectivity index (χ1v) is 5.12. The van der Waals surface area contributed by atoms with Gasteiger partial charge in [0.25, 0.3) is 0 Å². The van der Waals surface area contributed by atoms with Crippen molar-refractivity contribution in [2.75, 3.05) is 24.6 Å². The highest BCUT2D eigenvalue weighted by Crippen LogP contribution is 2.21. The van der Waals surface area contributed by atoms with Gasteiger partial charge in [0.05, 0.1) is 12.4 Å². The van der Waals surface area contributed by atoms with Crippen molar-refractivity contribution in [3.8, 4) is 0 Å². The van der Waals surface area contributed by atoms with Gasteiger partial charge in [-0.15, -0.1) is 0 Å². The van der Waals surface area contributed by atoms with Crippen LogP contribution in [-0.4, -0.2) is 45.8 Å². The molecule has 86 valence electrons. The van der Waals surface area contributed by atoms with Crippen molar-refractivity contribution in [1.82, 2.24) is 9.97 Å². The van der Waals surface area contributed by atoms with E-state index >= 15 is 0 Å². The summed E-state index contributed by atoms with van der Waals surface area (Å²) in [6.07, 6.45) is 3.67. The minimum atomic E-state index is -1.08. The smallest absolute Gasteiger partial charge is 0.356 e. The standard InChI is InChI=1S/C10H13N3O3/c14-6-7-1-2-13(5-7)9-4-11-3-8(12-9)10(15)16/h3-4,7,14H,1-2,5-6H2,(H,15,16). The van der Waals surface area contributed by atoms with Crippen LogP contribution < -0.4 is 4.90 Å². The molecule has 16 heavy (non-hydrogen) atoms. The molecule has 1 aliphatic rings. The quantitative estimate of drug-likeness (QED) is 0.749. The zero-order valence-electron chi connectivity index (χ0n) is 8.70. The molecule has 0 radical (unpaired) electrons. The molecule has 0 saturated carbocycles. The monoisotopic (exact) mass is 223 g/mol. The van der Waals surface area contributed by atoms with Crippen molar-refractivity contribution in [1.29, 1.82) is 0 Å². The van der Waals surface area contributed by atoms with Crippen molar-refractivity contribution in [3.63, 3.8) is 0 Å². The fourth-order valence-electron chi connectivity index (χ4n) is 1.80. The van der Waals surface area contributed by atoms with Crippen LogP contribution in [-0.2, 0) is 0 Å². The fraction of sp³-hybridized carbons (Fsp3) is 0.500. The van der Waals surface area contributed by atoms with Crippen molar-refractivity contribution in [3.05, 3.63) is 18.1 Å². The highest BCUT2D eigenvalue weighted by Gasteiger charge is 2.23. The van der Waals surface area contributed by atoms with Crippen molar-refractivity contribution >= 4 is 11.8 Å². The van der Waals surface area contributed by atoms with Crippen LogP contribution in [0.3, 0.4) is 0 Å². The van der Waals surface area contributed by atoms with Crippen LogP contribution in [0.15, 0.2) is 12.4 Å². The van der Waals surface area contributed by atoms with Crippen molar-refractivity contribution < 1.29 is 15.0 Å². The van der Waals surface area contributed by atoms with E-state index in [1.807, 2.05) is 4.90 Å². The maximum atomic E-state index is 10.7. The van der Waals surface area contributed by atoms with E-state index in [1.165, 1.54) is 6.20 Å². The van der Waals surface area contributed by atoms with Gasteiger partial charge in [-0.2, -0.15) is 0 Å². The highest BCUT2D eigenvalue weighted by atomic mass is 16.4. The number of rotatable bonds is 3. The lowest BCUT2D eigenvalue weighted by Crippen LogP contribution is -2.22. The average molecular weight is 223 g/mol. The Morgan fingerprint density at radius 3 is 3.00 bits per heavy atom. The molecule has 1 aromatic heterocycles. The molecule has 1 saturated heterocycles. The number of aliphatic hydroxyl groups is 1. The summed E-state index contributed by atoms with van der Waals surface area (Å²) >= 11 is 0. The van der Waals surface area contributed by atoms with E-state index in [9.17, 15) is 4.79 Å². The minimum Gasteiger partial charge on any atom is -0.476 e. The molecule has 1 atom stereocenters. The van der Waals surface area contributed by atoms with Gasteiger partial charge in [-0.3, -0.25) is 4.98 Å². The van der Waals surface area contributed by atoms with E-state index in [2.05, 4.69) is 9.97 Å². The van der Waals surface area contributed by atoms with E-state index in [4.69, 9.17) is 10.2 Å².